The molecule has 0 aliphatic carbocycles. The second kappa shape index (κ2) is 6.96. The smallest absolute Gasteiger partial charge is 0.246 e. The lowest BCUT2D eigenvalue weighted by molar-refractivity contribution is -0.144. The Balaban J connectivity index is 1.73. The molecule has 1 N–H and O–H groups in total. The third kappa shape index (κ3) is 3.99. The zero-order chi connectivity index (χ0) is 16.2. The molecule has 1 aliphatic rings. The van der Waals surface area contributed by atoms with E-state index in [4.69, 9.17) is 0 Å². The quantitative estimate of drug-likeness (QED) is 0.896. The maximum Gasteiger partial charge on any atom is 0.246 e. The minimum atomic E-state index is -0.505. The molecule has 0 radical (unpaired) electrons. The van der Waals surface area contributed by atoms with E-state index in [1.807, 2.05) is 54.6 Å². The Labute approximate surface area is 143 Å². The van der Waals surface area contributed by atoms with Gasteiger partial charge in [0.25, 0.3) is 0 Å². The molecule has 1 heterocycles. The van der Waals surface area contributed by atoms with Crippen molar-refractivity contribution < 1.29 is 9.59 Å². The second-order valence-electron chi connectivity index (χ2n) is 5.63. The van der Waals surface area contributed by atoms with Gasteiger partial charge >= 0.3 is 0 Å². The predicted molar refractivity (Wildman–Crippen MR) is 91.6 cm³/mol. The molecule has 23 heavy (non-hydrogen) atoms. The Morgan fingerprint density at radius 3 is 2.52 bits per heavy atom. The number of nitrogens with zero attached hydrogens (tertiary/aromatic N) is 1. The fourth-order valence-corrected chi connectivity index (χ4v) is 3.20. The molecule has 0 spiro atoms. The van der Waals surface area contributed by atoms with Crippen LogP contribution in [0.3, 0.4) is 0 Å². The second-order valence-corrected chi connectivity index (χ2v) is 6.55. The molecule has 2 aromatic rings. The molecule has 2 aromatic carbocycles. The van der Waals surface area contributed by atoms with Crippen molar-refractivity contribution in [2.45, 2.75) is 19.0 Å². The molecular formula is C18H17BrN2O2. The van der Waals surface area contributed by atoms with E-state index >= 15 is 0 Å². The number of carbonyl (C=O) groups is 2. The molecule has 2 amide bonds. The fraction of sp³-hybridized carbons (Fsp3) is 0.222. The van der Waals surface area contributed by atoms with Crippen LogP contribution in [0.1, 0.15) is 11.1 Å². The van der Waals surface area contributed by atoms with Crippen molar-refractivity contribution in [1.82, 2.24) is 10.2 Å². The topological polar surface area (TPSA) is 49.4 Å². The monoisotopic (exact) mass is 372 g/mol. The van der Waals surface area contributed by atoms with Gasteiger partial charge < -0.3 is 10.2 Å². The summed E-state index contributed by atoms with van der Waals surface area (Å²) in [5.41, 5.74) is 2.04. The van der Waals surface area contributed by atoms with Gasteiger partial charge in [0, 0.05) is 17.4 Å². The first-order valence-corrected chi connectivity index (χ1v) is 8.27. The maximum atomic E-state index is 12.7. The number of hydrogen-bond acceptors (Lipinski definition) is 2. The zero-order valence-corrected chi connectivity index (χ0v) is 14.1. The summed E-state index contributed by atoms with van der Waals surface area (Å²) < 4.78 is 0.964. The number of piperazine rings is 1. The van der Waals surface area contributed by atoms with Gasteiger partial charge in [0.2, 0.25) is 11.8 Å². The van der Waals surface area contributed by atoms with Crippen molar-refractivity contribution >= 4 is 27.7 Å². The number of halogens is 1. The summed E-state index contributed by atoms with van der Waals surface area (Å²) in [4.78, 5) is 26.2. The fourth-order valence-electron chi connectivity index (χ4n) is 2.75. The highest BCUT2D eigenvalue weighted by atomic mass is 79.9. The van der Waals surface area contributed by atoms with Gasteiger partial charge in [-0.2, -0.15) is 0 Å². The Morgan fingerprint density at radius 2 is 1.78 bits per heavy atom. The van der Waals surface area contributed by atoms with Crippen LogP contribution in [-0.4, -0.2) is 29.3 Å². The summed E-state index contributed by atoms with van der Waals surface area (Å²) in [6.45, 7) is 0.574. The van der Waals surface area contributed by atoms with Crippen LogP contribution < -0.4 is 5.32 Å². The Morgan fingerprint density at radius 1 is 1.04 bits per heavy atom. The summed E-state index contributed by atoms with van der Waals surface area (Å²) in [5, 5.41) is 2.80. The molecule has 0 bridgehead atoms. The van der Waals surface area contributed by atoms with Crippen molar-refractivity contribution in [2.75, 3.05) is 6.54 Å². The number of amides is 2. The molecule has 1 unspecified atom stereocenters. The van der Waals surface area contributed by atoms with Gasteiger partial charge in [0.05, 0.1) is 6.54 Å². The van der Waals surface area contributed by atoms with Gasteiger partial charge in [-0.25, -0.2) is 0 Å². The molecule has 0 aromatic heterocycles. The van der Waals surface area contributed by atoms with Crippen LogP contribution in [0, 0.1) is 0 Å². The van der Waals surface area contributed by atoms with Gasteiger partial charge in [-0.15, -0.1) is 0 Å². The minimum absolute atomic E-state index is 0.0339. The van der Waals surface area contributed by atoms with Crippen LogP contribution in [0.5, 0.6) is 0 Å². The molecule has 5 heteroatoms. The van der Waals surface area contributed by atoms with E-state index in [2.05, 4.69) is 21.2 Å². The van der Waals surface area contributed by atoms with Crippen LogP contribution in [0.2, 0.25) is 0 Å². The van der Waals surface area contributed by atoms with Crippen molar-refractivity contribution in [3.8, 4) is 0 Å². The predicted octanol–water partition coefficient (Wildman–Crippen LogP) is 2.52. The van der Waals surface area contributed by atoms with Crippen molar-refractivity contribution in [2.24, 2.45) is 0 Å². The SMILES string of the molecule is O=C1CN(Cc2ccccc2)C(=O)C(Cc2cccc(Br)c2)N1. The highest BCUT2D eigenvalue weighted by Gasteiger charge is 2.32. The van der Waals surface area contributed by atoms with Crippen LogP contribution in [0.25, 0.3) is 0 Å². The molecule has 1 atom stereocenters. The minimum Gasteiger partial charge on any atom is -0.342 e. The molecule has 0 saturated carbocycles. The van der Waals surface area contributed by atoms with E-state index in [0.717, 1.165) is 15.6 Å². The van der Waals surface area contributed by atoms with Crippen LogP contribution in [-0.2, 0) is 22.6 Å². The number of benzene rings is 2. The molecule has 3 rings (SSSR count). The van der Waals surface area contributed by atoms with Gasteiger partial charge in [-0.1, -0.05) is 58.4 Å². The van der Waals surface area contributed by atoms with Gasteiger partial charge in [0.1, 0.15) is 6.04 Å². The molecule has 1 saturated heterocycles. The first-order valence-electron chi connectivity index (χ1n) is 7.48. The molecule has 118 valence electrons. The van der Waals surface area contributed by atoms with Crippen molar-refractivity contribution in [3.63, 3.8) is 0 Å². The largest absolute Gasteiger partial charge is 0.342 e. The number of hydrogen-bond donors (Lipinski definition) is 1. The van der Waals surface area contributed by atoms with Crippen molar-refractivity contribution in [1.29, 1.82) is 0 Å². The molecule has 1 fully saturated rings. The van der Waals surface area contributed by atoms with Crippen LogP contribution in [0.4, 0.5) is 0 Å². The first kappa shape index (κ1) is 15.7. The molecular weight excluding hydrogens is 356 g/mol. The van der Waals surface area contributed by atoms with E-state index in [0.29, 0.717) is 13.0 Å². The number of nitrogens with one attached hydrogen (secondary N) is 1. The van der Waals surface area contributed by atoms with Gasteiger partial charge in [-0.05, 0) is 23.3 Å². The summed E-state index contributed by atoms with van der Waals surface area (Å²) >= 11 is 3.43. The summed E-state index contributed by atoms with van der Waals surface area (Å²) in [7, 11) is 0. The van der Waals surface area contributed by atoms with E-state index in [1.165, 1.54) is 0 Å². The van der Waals surface area contributed by atoms with E-state index in [-0.39, 0.29) is 18.4 Å². The zero-order valence-electron chi connectivity index (χ0n) is 12.5. The lowest BCUT2D eigenvalue weighted by Crippen LogP contribution is -2.58. The van der Waals surface area contributed by atoms with Crippen LogP contribution in [0.15, 0.2) is 59.1 Å². The number of carbonyl (C=O) groups excluding carboxylic acids is 2. The lowest BCUT2D eigenvalue weighted by Gasteiger charge is -2.32. The third-order valence-electron chi connectivity index (χ3n) is 3.82. The normalized spacial score (nSPS) is 18.0. The van der Waals surface area contributed by atoms with E-state index in [9.17, 15) is 9.59 Å². The first-order chi connectivity index (χ1) is 11.1. The average molecular weight is 373 g/mol. The highest BCUT2D eigenvalue weighted by Crippen LogP contribution is 2.16. The summed E-state index contributed by atoms with van der Waals surface area (Å²) in [6.07, 6.45) is 0.495. The third-order valence-corrected chi connectivity index (χ3v) is 4.32. The summed E-state index contributed by atoms with van der Waals surface area (Å²) in [5.74, 6) is -0.144. The molecule has 4 nitrogen and oxygen atoms in total. The van der Waals surface area contributed by atoms with Crippen molar-refractivity contribution in [3.05, 3.63) is 70.2 Å². The van der Waals surface area contributed by atoms with Gasteiger partial charge in [-0.3, -0.25) is 9.59 Å². The maximum absolute atomic E-state index is 12.7. The van der Waals surface area contributed by atoms with E-state index in [1.54, 1.807) is 4.90 Å². The summed E-state index contributed by atoms with van der Waals surface area (Å²) in [6, 6.07) is 17.0. The lowest BCUT2D eigenvalue weighted by atomic mass is 10.0. The highest BCUT2D eigenvalue weighted by molar-refractivity contribution is 9.10. The Hall–Kier alpha value is -2.14. The molecule has 1 aliphatic heterocycles. The number of rotatable bonds is 4. The Kier molecular flexibility index (Phi) is 4.76. The Bertz CT molecular complexity index is 718. The van der Waals surface area contributed by atoms with Gasteiger partial charge in [0.15, 0.2) is 0 Å². The standard InChI is InChI=1S/C18H17BrN2O2/c19-15-8-4-7-14(9-15)10-16-18(23)21(12-17(22)20-16)11-13-5-2-1-3-6-13/h1-9,16H,10-12H2,(H,20,22). The van der Waals surface area contributed by atoms with Crippen LogP contribution >= 0.6 is 15.9 Å². The van der Waals surface area contributed by atoms with E-state index < -0.39 is 6.04 Å². The average Bonchev–Trinajstić information content (AvgIpc) is 2.53.